The zero-order valence-electron chi connectivity index (χ0n) is 14.7. The summed E-state index contributed by atoms with van der Waals surface area (Å²) in [6, 6.07) is 18.2. The van der Waals surface area contributed by atoms with Crippen LogP contribution in [0.1, 0.15) is 37.9 Å². The fourth-order valence-electron chi connectivity index (χ4n) is 2.16. The Kier molecular flexibility index (Phi) is 6.65. The zero-order valence-corrected chi connectivity index (χ0v) is 15.5. The van der Waals surface area contributed by atoms with E-state index in [1.807, 2.05) is 60.7 Å². The van der Waals surface area contributed by atoms with Crippen LogP contribution in [0.5, 0.6) is 0 Å². The summed E-state index contributed by atoms with van der Waals surface area (Å²) in [5, 5.41) is 2.57. The highest BCUT2D eigenvalue weighted by Crippen LogP contribution is 2.24. The molecule has 132 valence electrons. The van der Waals surface area contributed by atoms with Gasteiger partial charge in [0, 0.05) is 5.75 Å². The Hall–Kier alpha value is -2.27. The van der Waals surface area contributed by atoms with Crippen LogP contribution in [-0.2, 0) is 15.3 Å². The Labute approximate surface area is 153 Å². The van der Waals surface area contributed by atoms with Gasteiger partial charge in [-0.3, -0.25) is 4.79 Å². The van der Waals surface area contributed by atoms with E-state index in [9.17, 15) is 9.59 Å². The van der Waals surface area contributed by atoms with Crippen molar-refractivity contribution in [2.24, 2.45) is 0 Å². The molecule has 2 aromatic carbocycles. The summed E-state index contributed by atoms with van der Waals surface area (Å²) in [6.07, 6.45) is -0.602. The first-order valence-corrected chi connectivity index (χ1v) is 9.09. The Morgan fingerprint density at radius 3 is 2.12 bits per heavy atom. The molecule has 1 N–H and O–H groups in total. The fraction of sp³-hybridized carbons (Fsp3) is 0.300. The molecule has 1 unspecified atom stereocenters. The van der Waals surface area contributed by atoms with Gasteiger partial charge in [0.1, 0.15) is 11.6 Å². The lowest BCUT2D eigenvalue weighted by Crippen LogP contribution is -2.37. The van der Waals surface area contributed by atoms with E-state index in [0.29, 0.717) is 5.75 Å². The summed E-state index contributed by atoms with van der Waals surface area (Å²) in [5.41, 5.74) is 1.18. The van der Waals surface area contributed by atoms with Gasteiger partial charge in [0.2, 0.25) is 5.12 Å². The van der Waals surface area contributed by atoms with Crippen LogP contribution in [0.25, 0.3) is 0 Å². The third kappa shape index (κ3) is 6.63. The maximum Gasteiger partial charge on any atom is 0.408 e. The molecule has 0 aliphatic rings. The molecule has 0 spiro atoms. The van der Waals surface area contributed by atoms with E-state index < -0.39 is 17.7 Å². The average Bonchev–Trinajstić information content (AvgIpc) is 2.58. The Balaban J connectivity index is 2.08. The second kappa shape index (κ2) is 8.72. The number of hydrogen-bond donors (Lipinski definition) is 1. The van der Waals surface area contributed by atoms with Crippen LogP contribution >= 0.6 is 11.8 Å². The molecule has 0 radical (unpaired) electrons. The molecular formula is C20H23NO3S. The number of alkyl carbamates (subject to hydrolysis) is 1. The van der Waals surface area contributed by atoms with Crippen molar-refractivity contribution in [2.75, 3.05) is 0 Å². The van der Waals surface area contributed by atoms with E-state index in [4.69, 9.17) is 4.74 Å². The summed E-state index contributed by atoms with van der Waals surface area (Å²) >= 11 is 1.18. The van der Waals surface area contributed by atoms with Crippen LogP contribution in [-0.4, -0.2) is 16.8 Å². The molecule has 25 heavy (non-hydrogen) atoms. The first kappa shape index (κ1) is 19.1. The van der Waals surface area contributed by atoms with Gasteiger partial charge >= 0.3 is 6.09 Å². The molecule has 0 saturated heterocycles. The quantitative estimate of drug-likeness (QED) is 0.842. The molecular weight excluding hydrogens is 334 g/mol. The summed E-state index contributed by atoms with van der Waals surface area (Å²) in [5.74, 6) is 0.555. The summed E-state index contributed by atoms with van der Waals surface area (Å²) < 4.78 is 5.29. The molecule has 5 heteroatoms. The Morgan fingerprint density at radius 1 is 1.00 bits per heavy atom. The first-order chi connectivity index (χ1) is 11.8. The van der Waals surface area contributed by atoms with Gasteiger partial charge in [-0.05, 0) is 31.9 Å². The molecule has 0 aliphatic carbocycles. The second-order valence-electron chi connectivity index (χ2n) is 6.58. The van der Waals surface area contributed by atoms with Crippen molar-refractivity contribution in [1.29, 1.82) is 0 Å². The predicted molar refractivity (Wildman–Crippen MR) is 101 cm³/mol. The molecule has 0 aliphatic heterocycles. The summed E-state index contributed by atoms with van der Waals surface area (Å²) in [6.45, 7) is 5.36. The topological polar surface area (TPSA) is 55.4 Å². The van der Waals surface area contributed by atoms with Gasteiger partial charge in [-0.15, -0.1) is 0 Å². The monoisotopic (exact) mass is 357 g/mol. The summed E-state index contributed by atoms with van der Waals surface area (Å²) in [7, 11) is 0. The Bertz CT molecular complexity index is 696. The lowest BCUT2D eigenvalue weighted by Gasteiger charge is -2.23. The standard InChI is InChI=1S/C20H23NO3S/c1-20(2,3)24-19(23)21-17(16-12-8-5-9-13-16)18(22)25-14-15-10-6-4-7-11-15/h4-13,17H,14H2,1-3H3,(H,21,23). The van der Waals surface area contributed by atoms with Gasteiger partial charge in [0.05, 0.1) is 0 Å². The van der Waals surface area contributed by atoms with Crippen LogP contribution in [0.15, 0.2) is 60.7 Å². The van der Waals surface area contributed by atoms with E-state index in [0.717, 1.165) is 11.1 Å². The highest BCUT2D eigenvalue weighted by molar-refractivity contribution is 8.13. The molecule has 0 heterocycles. The number of hydrogen-bond acceptors (Lipinski definition) is 4. The van der Waals surface area contributed by atoms with Gasteiger partial charge in [-0.2, -0.15) is 0 Å². The number of rotatable bonds is 5. The van der Waals surface area contributed by atoms with E-state index >= 15 is 0 Å². The number of benzene rings is 2. The molecule has 2 aromatic rings. The van der Waals surface area contributed by atoms with Crippen molar-refractivity contribution in [1.82, 2.24) is 5.32 Å². The number of thioether (sulfide) groups is 1. The van der Waals surface area contributed by atoms with E-state index in [1.165, 1.54) is 11.8 Å². The van der Waals surface area contributed by atoms with E-state index in [2.05, 4.69) is 5.32 Å². The van der Waals surface area contributed by atoms with E-state index in [1.54, 1.807) is 20.8 Å². The number of carbonyl (C=O) groups excluding carboxylic acids is 2. The van der Waals surface area contributed by atoms with Gasteiger partial charge < -0.3 is 10.1 Å². The molecule has 2 rings (SSSR count). The predicted octanol–water partition coefficient (Wildman–Crippen LogP) is 4.71. The van der Waals surface area contributed by atoms with Crippen molar-refractivity contribution in [2.45, 2.75) is 38.2 Å². The lowest BCUT2D eigenvalue weighted by atomic mass is 10.1. The lowest BCUT2D eigenvalue weighted by molar-refractivity contribution is -0.113. The number of amides is 1. The van der Waals surface area contributed by atoms with Gasteiger partial charge in [-0.1, -0.05) is 72.4 Å². The van der Waals surface area contributed by atoms with Crippen LogP contribution in [0.3, 0.4) is 0 Å². The van der Waals surface area contributed by atoms with Crippen molar-refractivity contribution in [3.8, 4) is 0 Å². The number of carbonyl (C=O) groups is 2. The minimum Gasteiger partial charge on any atom is -0.444 e. The average molecular weight is 357 g/mol. The normalized spacial score (nSPS) is 12.3. The maximum absolute atomic E-state index is 12.7. The molecule has 0 bridgehead atoms. The SMILES string of the molecule is CC(C)(C)OC(=O)NC(C(=O)SCc1ccccc1)c1ccccc1. The van der Waals surface area contributed by atoms with Gasteiger partial charge in [0.15, 0.2) is 0 Å². The molecule has 0 aromatic heterocycles. The first-order valence-electron chi connectivity index (χ1n) is 8.10. The summed E-state index contributed by atoms with van der Waals surface area (Å²) in [4.78, 5) is 24.8. The third-order valence-electron chi connectivity index (χ3n) is 3.25. The van der Waals surface area contributed by atoms with Crippen LogP contribution < -0.4 is 5.32 Å². The van der Waals surface area contributed by atoms with Gasteiger partial charge in [0.25, 0.3) is 0 Å². The Morgan fingerprint density at radius 2 is 1.56 bits per heavy atom. The number of ether oxygens (including phenoxy) is 1. The highest BCUT2D eigenvalue weighted by Gasteiger charge is 2.26. The van der Waals surface area contributed by atoms with Gasteiger partial charge in [-0.25, -0.2) is 4.79 Å². The molecule has 0 saturated carbocycles. The smallest absolute Gasteiger partial charge is 0.408 e. The minimum absolute atomic E-state index is 0.124. The zero-order chi connectivity index (χ0) is 18.3. The van der Waals surface area contributed by atoms with E-state index in [-0.39, 0.29) is 5.12 Å². The van der Waals surface area contributed by atoms with Crippen molar-refractivity contribution >= 4 is 23.0 Å². The minimum atomic E-state index is -0.746. The van der Waals surface area contributed by atoms with Crippen LogP contribution in [0.4, 0.5) is 4.79 Å². The molecule has 0 fully saturated rings. The molecule has 4 nitrogen and oxygen atoms in total. The van der Waals surface area contributed by atoms with Crippen molar-refractivity contribution in [3.63, 3.8) is 0 Å². The largest absolute Gasteiger partial charge is 0.444 e. The van der Waals surface area contributed by atoms with Crippen LogP contribution in [0, 0.1) is 0 Å². The second-order valence-corrected chi connectivity index (χ2v) is 7.56. The molecule has 1 amide bonds. The van der Waals surface area contributed by atoms with Crippen molar-refractivity contribution < 1.29 is 14.3 Å². The maximum atomic E-state index is 12.7. The fourth-order valence-corrected chi connectivity index (χ4v) is 3.02. The van der Waals surface area contributed by atoms with Crippen molar-refractivity contribution in [3.05, 3.63) is 71.8 Å². The molecule has 1 atom stereocenters. The highest BCUT2D eigenvalue weighted by atomic mass is 32.2. The van der Waals surface area contributed by atoms with Crippen LogP contribution in [0.2, 0.25) is 0 Å². The third-order valence-corrected chi connectivity index (χ3v) is 4.25. The number of nitrogens with one attached hydrogen (secondary N) is 1.